The van der Waals surface area contributed by atoms with Gasteiger partial charge in [0.1, 0.15) is 0 Å². The van der Waals surface area contributed by atoms with Gasteiger partial charge in [-0.2, -0.15) is 0 Å². The van der Waals surface area contributed by atoms with Crippen molar-refractivity contribution >= 4 is 17.6 Å². The Morgan fingerprint density at radius 1 is 1.25 bits per heavy atom. The van der Waals surface area contributed by atoms with E-state index >= 15 is 0 Å². The average Bonchev–Trinajstić information content (AvgIpc) is 2.38. The third-order valence-corrected chi connectivity index (χ3v) is 2.94. The quantitative estimate of drug-likeness (QED) is 0.806. The van der Waals surface area contributed by atoms with Crippen molar-refractivity contribution in [2.45, 2.75) is 13.8 Å². The van der Waals surface area contributed by atoms with Crippen molar-refractivity contribution in [3.05, 3.63) is 30.3 Å². The molecule has 5 heteroatoms. The van der Waals surface area contributed by atoms with Crippen LogP contribution in [-0.2, 0) is 14.3 Å². The highest BCUT2D eigenvalue weighted by Gasteiger charge is 2.29. The molecule has 0 bridgehead atoms. The second-order valence-electron chi connectivity index (χ2n) is 5.45. The maximum absolute atomic E-state index is 12.3. The monoisotopic (exact) mass is 278 g/mol. The lowest BCUT2D eigenvalue weighted by atomic mass is 9.91. The van der Waals surface area contributed by atoms with Crippen LogP contribution in [-0.4, -0.2) is 44.0 Å². The average molecular weight is 278 g/mol. The summed E-state index contributed by atoms with van der Waals surface area (Å²) >= 11 is 0. The van der Waals surface area contributed by atoms with Gasteiger partial charge in [0.05, 0.1) is 19.1 Å². The molecule has 0 spiro atoms. The van der Waals surface area contributed by atoms with Crippen LogP contribution >= 0.6 is 0 Å². The molecule has 0 unspecified atom stereocenters. The number of nitrogens with one attached hydrogen (secondary N) is 1. The first-order valence-electron chi connectivity index (χ1n) is 6.47. The third kappa shape index (κ3) is 5.01. The molecular formula is C15H22N2O3. The van der Waals surface area contributed by atoms with Crippen LogP contribution < -0.4 is 5.32 Å². The number of likely N-dealkylation sites (N-methyl/N-ethyl adjacent to an activating group) is 1. The van der Waals surface area contributed by atoms with E-state index in [0.717, 1.165) is 5.69 Å². The van der Waals surface area contributed by atoms with Crippen LogP contribution in [0.15, 0.2) is 30.3 Å². The fourth-order valence-electron chi connectivity index (χ4n) is 1.91. The number of carbonyl (C=O) groups is 2. The van der Waals surface area contributed by atoms with Crippen LogP contribution in [0, 0.1) is 5.41 Å². The van der Waals surface area contributed by atoms with Gasteiger partial charge in [-0.1, -0.05) is 18.2 Å². The summed E-state index contributed by atoms with van der Waals surface area (Å²) < 4.78 is 4.61. The maximum atomic E-state index is 12.3. The van der Waals surface area contributed by atoms with Gasteiger partial charge in [-0.3, -0.25) is 14.5 Å². The summed E-state index contributed by atoms with van der Waals surface area (Å²) in [4.78, 5) is 25.2. The minimum atomic E-state index is -0.612. The lowest BCUT2D eigenvalue weighted by molar-refractivity contribution is -0.142. The SMILES string of the molecule is COC(=O)CN(C)CC(C)(C)C(=O)Nc1ccccc1. The molecule has 0 aliphatic heterocycles. The smallest absolute Gasteiger partial charge is 0.319 e. The Bertz CT molecular complexity index is 457. The van der Waals surface area contributed by atoms with Gasteiger partial charge < -0.3 is 10.1 Å². The zero-order chi connectivity index (χ0) is 15.2. The Kier molecular flexibility index (Phi) is 5.70. The van der Waals surface area contributed by atoms with Gasteiger partial charge in [-0.25, -0.2) is 0 Å². The number of benzene rings is 1. The highest BCUT2D eigenvalue weighted by atomic mass is 16.5. The largest absolute Gasteiger partial charge is 0.468 e. The van der Waals surface area contributed by atoms with Gasteiger partial charge >= 0.3 is 5.97 Å². The molecule has 1 N–H and O–H groups in total. The van der Waals surface area contributed by atoms with Crippen molar-refractivity contribution in [3.63, 3.8) is 0 Å². The van der Waals surface area contributed by atoms with Crippen LogP contribution in [0.1, 0.15) is 13.8 Å². The van der Waals surface area contributed by atoms with E-state index in [1.165, 1.54) is 7.11 Å². The van der Waals surface area contributed by atoms with Gasteiger partial charge in [-0.15, -0.1) is 0 Å². The van der Waals surface area contributed by atoms with E-state index in [0.29, 0.717) is 6.54 Å². The molecule has 110 valence electrons. The summed E-state index contributed by atoms with van der Waals surface area (Å²) in [6.45, 7) is 4.32. The molecule has 0 radical (unpaired) electrons. The molecule has 20 heavy (non-hydrogen) atoms. The predicted molar refractivity (Wildman–Crippen MR) is 78.4 cm³/mol. The number of hydrogen-bond acceptors (Lipinski definition) is 4. The van der Waals surface area contributed by atoms with Crippen LogP contribution in [0.4, 0.5) is 5.69 Å². The Labute approximate surface area is 119 Å². The highest BCUT2D eigenvalue weighted by molar-refractivity contribution is 5.95. The molecule has 1 aromatic rings. The predicted octanol–water partition coefficient (Wildman–Crippen LogP) is 1.76. The van der Waals surface area contributed by atoms with Crippen molar-refractivity contribution in [1.29, 1.82) is 0 Å². The zero-order valence-electron chi connectivity index (χ0n) is 12.5. The first-order valence-corrected chi connectivity index (χ1v) is 6.47. The maximum Gasteiger partial charge on any atom is 0.319 e. The third-order valence-electron chi connectivity index (χ3n) is 2.94. The summed E-state index contributed by atoms with van der Waals surface area (Å²) in [6, 6.07) is 9.31. The number of esters is 1. The van der Waals surface area contributed by atoms with E-state index in [1.54, 1.807) is 11.9 Å². The van der Waals surface area contributed by atoms with Gasteiger partial charge in [-0.05, 0) is 33.0 Å². The molecule has 1 aromatic carbocycles. The topological polar surface area (TPSA) is 58.6 Å². The minimum absolute atomic E-state index is 0.0829. The summed E-state index contributed by atoms with van der Waals surface area (Å²) in [5.41, 5.74) is 0.153. The molecule has 0 saturated carbocycles. The first-order chi connectivity index (χ1) is 9.35. The molecule has 1 rings (SSSR count). The molecule has 0 fully saturated rings. The van der Waals surface area contributed by atoms with Crippen LogP contribution in [0.5, 0.6) is 0 Å². The van der Waals surface area contributed by atoms with E-state index in [-0.39, 0.29) is 18.4 Å². The Morgan fingerprint density at radius 2 is 1.85 bits per heavy atom. The normalized spacial score (nSPS) is 11.2. The van der Waals surface area contributed by atoms with E-state index < -0.39 is 5.41 Å². The number of methoxy groups -OCH3 is 1. The number of carbonyl (C=O) groups excluding carboxylic acids is 2. The van der Waals surface area contributed by atoms with Crippen molar-refractivity contribution in [1.82, 2.24) is 4.90 Å². The van der Waals surface area contributed by atoms with Crippen molar-refractivity contribution in [2.75, 3.05) is 32.6 Å². The van der Waals surface area contributed by atoms with E-state index in [9.17, 15) is 9.59 Å². The highest BCUT2D eigenvalue weighted by Crippen LogP contribution is 2.19. The molecule has 0 saturated heterocycles. The fourth-order valence-corrected chi connectivity index (χ4v) is 1.91. The van der Waals surface area contributed by atoms with Gasteiger partial charge in [0.15, 0.2) is 0 Å². The standard InChI is InChI=1S/C15H22N2O3/c1-15(2,11-17(3)10-13(18)20-4)14(19)16-12-8-6-5-7-9-12/h5-9H,10-11H2,1-4H3,(H,16,19). The van der Waals surface area contributed by atoms with Crippen molar-refractivity contribution in [3.8, 4) is 0 Å². The van der Waals surface area contributed by atoms with Gasteiger partial charge in [0.2, 0.25) is 5.91 Å². The molecule has 0 heterocycles. The Morgan fingerprint density at radius 3 is 2.40 bits per heavy atom. The molecule has 5 nitrogen and oxygen atoms in total. The second kappa shape index (κ2) is 7.05. The van der Waals surface area contributed by atoms with Gasteiger partial charge in [0.25, 0.3) is 0 Å². The summed E-state index contributed by atoms with van der Waals surface area (Å²) in [5, 5.41) is 2.87. The summed E-state index contributed by atoms with van der Waals surface area (Å²) in [7, 11) is 3.14. The van der Waals surface area contributed by atoms with Crippen LogP contribution in [0.25, 0.3) is 0 Å². The molecule has 1 amide bonds. The number of amides is 1. The van der Waals surface area contributed by atoms with Gasteiger partial charge in [0, 0.05) is 12.2 Å². The number of rotatable bonds is 6. The van der Waals surface area contributed by atoms with Crippen LogP contribution in [0.3, 0.4) is 0 Å². The van der Waals surface area contributed by atoms with E-state index in [4.69, 9.17) is 0 Å². The molecule has 0 aliphatic rings. The minimum Gasteiger partial charge on any atom is -0.468 e. The molecule has 0 atom stereocenters. The Balaban J connectivity index is 2.58. The fraction of sp³-hybridized carbons (Fsp3) is 0.467. The van der Waals surface area contributed by atoms with E-state index in [1.807, 2.05) is 44.2 Å². The zero-order valence-corrected chi connectivity index (χ0v) is 12.5. The Hall–Kier alpha value is -1.88. The molecule has 0 aromatic heterocycles. The molecule has 0 aliphatic carbocycles. The number of ether oxygens (including phenoxy) is 1. The second-order valence-corrected chi connectivity index (χ2v) is 5.45. The lowest BCUT2D eigenvalue weighted by Crippen LogP contribution is -2.42. The number of hydrogen-bond donors (Lipinski definition) is 1. The van der Waals surface area contributed by atoms with Crippen molar-refractivity contribution in [2.24, 2.45) is 5.41 Å². The number of para-hydroxylation sites is 1. The summed E-state index contributed by atoms with van der Waals surface area (Å²) in [5.74, 6) is -0.396. The lowest BCUT2D eigenvalue weighted by Gasteiger charge is -2.28. The number of anilines is 1. The van der Waals surface area contributed by atoms with E-state index in [2.05, 4.69) is 10.1 Å². The van der Waals surface area contributed by atoms with Crippen LogP contribution in [0.2, 0.25) is 0 Å². The summed E-state index contributed by atoms with van der Waals surface area (Å²) in [6.07, 6.45) is 0. The number of nitrogens with zero attached hydrogens (tertiary/aromatic N) is 1. The molecular weight excluding hydrogens is 256 g/mol. The van der Waals surface area contributed by atoms with Crippen molar-refractivity contribution < 1.29 is 14.3 Å². The first kappa shape index (κ1) is 16.2.